The third-order valence-corrected chi connectivity index (χ3v) is 3.02. The summed E-state index contributed by atoms with van der Waals surface area (Å²) in [4.78, 5) is 34.0. The molecule has 7 heteroatoms. The second-order valence-corrected chi connectivity index (χ2v) is 4.37. The molecule has 1 heterocycles. The number of amides is 2. The van der Waals surface area contributed by atoms with E-state index in [9.17, 15) is 14.4 Å². The summed E-state index contributed by atoms with van der Waals surface area (Å²) in [6, 6.07) is 3.57. The number of carboxylic acids is 1. The average molecular weight is 278 g/mol. The highest BCUT2D eigenvalue weighted by atomic mass is 16.5. The number of benzene rings is 1. The van der Waals surface area contributed by atoms with Gasteiger partial charge in [-0.2, -0.15) is 0 Å². The minimum Gasteiger partial charge on any atom is -0.495 e. The number of methoxy groups -OCH3 is 1. The van der Waals surface area contributed by atoms with Crippen LogP contribution < -0.4 is 15.4 Å². The van der Waals surface area contributed by atoms with Crippen molar-refractivity contribution in [1.29, 1.82) is 0 Å². The van der Waals surface area contributed by atoms with Crippen molar-refractivity contribution in [3.05, 3.63) is 23.8 Å². The molecule has 0 spiro atoms. The molecule has 1 saturated heterocycles. The van der Waals surface area contributed by atoms with Gasteiger partial charge in [0.25, 0.3) is 0 Å². The number of hydrogen-bond donors (Lipinski definition) is 3. The number of ether oxygens (including phenoxy) is 1. The van der Waals surface area contributed by atoms with Gasteiger partial charge in [0.05, 0.1) is 18.4 Å². The molecule has 2 rings (SSSR count). The van der Waals surface area contributed by atoms with Crippen molar-refractivity contribution in [2.24, 2.45) is 0 Å². The van der Waals surface area contributed by atoms with Crippen LogP contribution in [0, 0.1) is 0 Å². The summed E-state index contributed by atoms with van der Waals surface area (Å²) in [5, 5.41) is 14.1. The zero-order valence-electron chi connectivity index (χ0n) is 10.8. The van der Waals surface area contributed by atoms with Gasteiger partial charge in [-0.15, -0.1) is 0 Å². The molecule has 1 atom stereocenters. The average Bonchev–Trinajstić information content (AvgIpc) is 2.85. The first-order chi connectivity index (χ1) is 9.51. The lowest BCUT2D eigenvalue weighted by molar-refractivity contribution is -0.122. The summed E-state index contributed by atoms with van der Waals surface area (Å²) in [5.74, 6) is -1.31. The number of rotatable bonds is 4. The zero-order valence-corrected chi connectivity index (χ0v) is 10.8. The molecular weight excluding hydrogens is 264 g/mol. The highest BCUT2D eigenvalue weighted by Crippen LogP contribution is 2.26. The van der Waals surface area contributed by atoms with E-state index in [-0.39, 0.29) is 17.2 Å². The van der Waals surface area contributed by atoms with E-state index in [1.54, 1.807) is 0 Å². The van der Waals surface area contributed by atoms with Crippen LogP contribution in [0.2, 0.25) is 0 Å². The lowest BCUT2D eigenvalue weighted by Crippen LogP contribution is -2.37. The maximum atomic E-state index is 12.0. The van der Waals surface area contributed by atoms with Crippen molar-refractivity contribution >= 4 is 23.5 Å². The molecule has 0 bridgehead atoms. The number of carboxylic acid groups (broad SMARTS) is 1. The van der Waals surface area contributed by atoms with Crippen LogP contribution in [-0.2, 0) is 9.59 Å². The number of nitrogens with one attached hydrogen (secondary N) is 2. The smallest absolute Gasteiger partial charge is 0.335 e. The first kappa shape index (κ1) is 13.9. The van der Waals surface area contributed by atoms with E-state index < -0.39 is 17.9 Å². The molecule has 0 aromatic heterocycles. The van der Waals surface area contributed by atoms with Gasteiger partial charge in [-0.05, 0) is 24.6 Å². The number of carbonyl (C=O) groups is 3. The summed E-state index contributed by atoms with van der Waals surface area (Å²) >= 11 is 0. The maximum Gasteiger partial charge on any atom is 0.335 e. The standard InChI is InChI=1S/C13H14N2O5/c1-20-10-4-2-7(13(18)19)6-9(10)15-12(17)8-3-5-11(16)14-8/h2,4,6,8H,3,5H2,1H3,(H,14,16)(H,15,17)(H,18,19)/t8-/m1/s1. The highest BCUT2D eigenvalue weighted by Gasteiger charge is 2.27. The van der Waals surface area contributed by atoms with Gasteiger partial charge in [0.1, 0.15) is 11.8 Å². The van der Waals surface area contributed by atoms with Crippen molar-refractivity contribution in [3.8, 4) is 5.75 Å². The van der Waals surface area contributed by atoms with Crippen LogP contribution in [-0.4, -0.2) is 36.0 Å². The molecule has 0 saturated carbocycles. The number of aromatic carboxylic acids is 1. The Morgan fingerprint density at radius 2 is 2.20 bits per heavy atom. The van der Waals surface area contributed by atoms with Crippen LogP contribution in [0.3, 0.4) is 0 Å². The van der Waals surface area contributed by atoms with E-state index in [1.807, 2.05) is 0 Å². The molecule has 1 aliphatic heterocycles. The van der Waals surface area contributed by atoms with Crippen molar-refractivity contribution in [1.82, 2.24) is 5.32 Å². The molecule has 0 radical (unpaired) electrons. The Kier molecular flexibility index (Phi) is 3.88. The lowest BCUT2D eigenvalue weighted by Gasteiger charge is -2.14. The second-order valence-electron chi connectivity index (χ2n) is 4.37. The third kappa shape index (κ3) is 2.87. The fourth-order valence-electron chi connectivity index (χ4n) is 1.97. The van der Waals surface area contributed by atoms with Crippen molar-refractivity contribution in [2.45, 2.75) is 18.9 Å². The van der Waals surface area contributed by atoms with Gasteiger partial charge in [0.2, 0.25) is 11.8 Å². The molecule has 3 N–H and O–H groups in total. The molecular formula is C13H14N2O5. The minimum absolute atomic E-state index is 0.0385. The Bertz CT molecular complexity index is 570. The minimum atomic E-state index is -1.10. The van der Waals surface area contributed by atoms with Crippen LogP contribution in [0.1, 0.15) is 23.2 Å². The number of hydrogen-bond acceptors (Lipinski definition) is 4. The molecule has 106 valence electrons. The van der Waals surface area contributed by atoms with Crippen molar-refractivity contribution in [2.75, 3.05) is 12.4 Å². The summed E-state index contributed by atoms with van der Waals surface area (Å²) in [6.07, 6.45) is 0.732. The van der Waals surface area contributed by atoms with Gasteiger partial charge in [0, 0.05) is 6.42 Å². The quantitative estimate of drug-likeness (QED) is 0.748. The van der Waals surface area contributed by atoms with E-state index in [0.29, 0.717) is 18.6 Å². The monoisotopic (exact) mass is 278 g/mol. The number of anilines is 1. The van der Waals surface area contributed by atoms with Gasteiger partial charge >= 0.3 is 5.97 Å². The Morgan fingerprint density at radius 3 is 2.75 bits per heavy atom. The Labute approximate surface area is 114 Å². The molecule has 0 aliphatic carbocycles. The summed E-state index contributed by atoms with van der Waals surface area (Å²) in [6.45, 7) is 0. The molecule has 1 aromatic carbocycles. The van der Waals surface area contributed by atoms with Crippen LogP contribution in [0.5, 0.6) is 5.75 Å². The lowest BCUT2D eigenvalue weighted by atomic mass is 10.1. The van der Waals surface area contributed by atoms with E-state index in [4.69, 9.17) is 9.84 Å². The first-order valence-corrected chi connectivity index (χ1v) is 6.03. The predicted octanol–water partition coefficient (Wildman–Crippen LogP) is 0.610. The largest absolute Gasteiger partial charge is 0.495 e. The Hall–Kier alpha value is -2.57. The van der Waals surface area contributed by atoms with Crippen LogP contribution >= 0.6 is 0 Å². The molecule has 2 amide bonds. The fraction of sp³-hybridized carbons (Fsp3) is 0.308. The molecule has 1 aromatic rings. The molecule has 1 aliphatic rings. The fourth-order valence-corrected chi connectivity index (χ4v) is 1.97. The van der Waals surface area contributed by atoms with Crippen LogP contribution in [0.25, 0.3) is 0 Å². The third-order valence-electron chi connectivity index (χ3n) is 3.02. The molecule has 7 nitrogen and oxygen atoms in total. The topological polar surface area (TPSA) is 105 Å². The SMILES string of the molecule is COc1ccc(C(=O)O)cc1NC(=O)[C@H]1CCC(=O)N1. The Morgan fingerprint density at radius 1 is 1.45 bits per heavy atom. The summed E-state index contributed by atoms with van der Waals surface area (Å²) < 4.78 is 5.07. The van der Waals surface area contributed by atoms with Crippen molar-refractivity contribution < 1.29 is 24.2 Å². The van der Waals surface area contributed by atoms with Crippen LogP contribution in [0.15, 0.2) is 18.2 Å². The van der Waals surface area contributed by atoms with Gasteiger partial charge < -0.3 is 20.5 Å². The van der Waals surface area contributed by atoms with Gasteiger partial charge in [-0.1, -0.05) is 0 Å². The molecule has 0 unspecified atom stereocenters. The maximum absolute atomic E-state index is 12.0. The first-order valence-electron chi connectivity index (χ1n) is 6.03. The van der Waals surface area contributed by atoms with Gasteiger partial charge in [-0.3, -0.25) is 9.59 Å². The van der Waals surface area contributed by atoms with Gasteiger partial charge in [-0.25, -0.2) is 4.79 Å². The number of carbonyl (C=O) groups excluding carboxylic acids is 2. The highest BCUT2D eigenvalue weighted by molar-refractivity contribution is 6.01. The second kappa shape index (κ2) is 5.60. The van der Waals surface area contributed by atoms with Crippen molar-refractivity contribution in [3.63, 3.8) is 0 Å². The normalized spacial score (nSPS) is 17.4. The van der Waals surface area contributed by atoms with Gasteiger partial charge in [0.15, 0.2) is 0 Å². The zero-order chi connectivity index (χ0) is 14.7. The summed E-state index contributed by atoms with van der Waals surface area (Å²) in [7, 11) is 1.42. The Balaban J connectivity index is 2.18. The summed E-state index contributed by atoms with van der Waals surface area (Å²) in [5.41, 5.74) is 0.301. The predicted molar refractivity (Wildman–Crippen MR) is 69.7 cm³/mol. The molecule has 1 fully saturated rings. The van der Waals surface area contributed by atoms with E-state index in [0.717, 1.165) is 0 Å². The van der Waals surface area contributed by atoms with E-state index in [2.05, 4.69) is 10.6 Å². The van der Waals surface area contributed by atoms with Crippen LogP contribution in [0.4, 0.5) is 5.69 Å². The molecule has 20 heavy (non-hydrogen) atoms. The van der Waals surface area contributed by atoms with E-state index in [1.165, 1.54) is 25.3 Å². The van der Waals surface area contributed by atoms with E-state index >= 15 is 0 Å².